The normalized spacial score (nSPS) is 14.6. The number of aromatic nitrogens is 2. The molecule has 0 aliphatic carbocycles. The van der Waals surface area contributed by atoms with E-state index in [2.05, 4.69) is 14.5 Å². The van der Waals surface area contributed by atoms with Gasteiger partial charge in [0.1, 0.15) is 11.2 Å². The fraction of sp³-hybridized carbons (Fsp3) is 0.423. The number of halogens is 5. The summed E-state index contributed by atoms with van der Waals surface area (Å²) >= 11 is 0. The van der Waals surface area contributed by atoms with Gasteiger partial charge in [-0.3, -0.25) is 9.30 Å². The summed E-state index contributed by atoms with van der Waals surface area (Å²) in [6, 6.07) is 3.47. The van der Waals surface area contributed by atoms with Crippen molar-refractivity contribution < 1.29 is 58.9 Å². The Morgan fingerprint density at radius 1 is 1.07 bits per heavy atom. The predicted molar refractivity (Wildman–Crippen MR) is 139 cm³/mol. The van der Waals surface area contributed by atoms with Gasteiger partial charge in [-0.25, -0.2) is 23.0 Å². The van der Waals surface area contributed by atoms with Gasteiger partial charge in [-0.1, -0.05) is 6.92 Å². The number of amides is 1. The monoisotopic (exact) mass is 635 g/mol. The number of ether oxygens (including phenoxy) is 4. The summed E-state index contributed by atoms with van der Waals surface area (Å²) in [5.41, 5.74) is -3.15. The number of benzene rings is 1. The topological polar surface area (TPSA) is 126 Å². The Kier molecular flexibility index (Phi) is 8.01. The zero-order valence-electron chi connectivity index (χ0n) is 23.4. The number of hydrogen-bond donors (Lipinski definition) is 0. The van der Waals surface area contributed by atoms with Crippen LogP contribution in [0.2, 0.25) is 0 Å². The summed E-state index contributed by atoms with van der Waals surface area (Å²) < 4.78 is 115. The van der Waals surface area contributed by atoms with Crippen LogP contribution in [-0.4, -0.2) is 54.1 Å². The van der Waals surface area contributed by atoms with Gasteiger partial charge in [0.2, 0.25) is 0 Å². The van der Waals surface area contributed by atoms with Gasteiger partial charge in [-0.2, -0.15) is 13.2 Å². The van der Waals surface area contributed by atoms with Crippen molar-refractivity contribution >= 4 is 33.4 Å². The molecule has 0 saturated carbocycles. The molecule has 17 heteroatoms. The second-order valence-corrected chi connectivity index (χ2v) is 12.4. The van der Waals surface area contributed by atoms with Crippen molar-refractivity contribution in [3.8, 4) is 11.5 Å². The van der Waals surface area contributed by atoms with Crippen LogP contribution in [0.5, 0.6) is 11.5 Å². The number of carbonyl (C=O) groups is 2. The number of nitrogens with zero attached hydrogens (tertiary/aromatic N) is 3. The van der Waals surface area contributed by atoms with Crippen LogP contribution in [0.1, 0.15) is 56.1 Å². The van der Waals surface area contributed by atoms with Gasteiger partial charge in [0.25, 0.3) is 0 Å². The third-order valence-electron chi connectivity index (χ3n) is 5.88. The molecule has 11 nitrogen and oxygen atoms in total. The molecule has 0 bridgehead atoms. The number of hydrogen-bond acceptors (Lipinski definition) is 9. The predicted octanol–water partition coefficient (Wildman–Crippen LogP) is 5.59. The molecule has 234 valence electrons. The second kappa shape index (κ2) is 10.8. The maximum atomic E-state index is 13.8. The fourth-order valence-corrected chi connectivity index (χ4v) is 5.21. The third-order valence-corrected chi connectivity index (χ3v) is 7.61. The maximum Gasteiger partial charge on any atom is 0.586 e. The molecule has 0 N–H and O–H groups in total. The number of anilines is 1. The molecule has 4 rings (SSSR count). The molecule has 0 radical (unpaired) electrons. The van der Waals surface area contributed by atoms with E-state index < -0.39 is 80.2 Å². The number of fused-ring (bicyclic) bond motifs is 2. The van der Waals surface area contributed by atoms with Gasteiger partial charge >= 0.3 is 24.5 Å². The summed E-state index contributed by atoms with van der Waals surface area (Å²) in [6.07, 6.45) is -9.61. The van der Waals surface area contributed by atoms with Gasteiger partial charge in [-0.15, -0.1) is 8.78 Å². The third kappa shape index (κ3) is 6.60. The molecule has 1 aliphatic rings. The molecule has 1 aliphatic heterocycles. The van der Waals surface area contributed by atoms with Crippen LogP contribution in [0.15, 0.2) is 35.5 Å². The highest BCUT2D eigenvalue weighted by Gasteiger charge is 2.45. The zero-order chi connectivity index (χ0) is 32.1. The quantitative estimate of drug-likeness (QED) is 0.241. The van der Waals surface area contributed by atoms with Crippen LogP contribution in [0.25, 0.3) is 5.65 Å². The number of carbonyl (C=O) groups excluding carboxylic acids is 2. The van der Waals surface area contributed by atoms with Crippen LogP contribution >= 0.6 is 0 Å². The summed E-state index contributed by atoms with van der Waals surface area (Å²) in [5, 5.41) is -0.771. The standard InChI is InChI=1S/C26H26F5N3O8S/c1-6-39-22(35)16-11-18-17(40-26(30,31)41-18)10-14(16)12-34(23(36)42-24(3,4)5)20-21(43(37,38)7-2)33-13-15(25(27,28)29)8-9-19(33)32-20/h8-11,13H,6-7,12H2,1-5H3. The van der Waals surface area contributed by atoms with E-state index in [1.165, 1.54) is 34.6 Å². The van der Waals surface area contributed by atoms with E-state index in [4.69, 9.17) is 9.47 Å². The van der Waals surface area contributed by atoms with Crippen molar-refractivity contribution in [1.82, 2.24) is 9.38 Å². The summed E-state index contributed by atoms with van der Waals surface area (Å²) in [5.74, 6) is -3.26. The lowest BCUT2D eigenvalue weighted by Gasteiger charge is -2.27. The fourth-order valence-electron chi connectivity index (χ4n) is 4.06. The van der Waals surface area contributed by atoms with Crippen molar-refractivity contribution in [1.29, 1.82) is 0 Å². The highest BCUT2D eigenvalue weighted by atomic mass is 32.2. The smallest absolute Gasteiger partial charge is 0.462 e. The zero-order valence-corrected chi connectivity index (χ0v) is 24.2. The first-order chi connectivity index (χ1) is 19.8. The number of sulfone groups is 1. The van der Waals surface area contributed by atoms with Crippen LogP contribution in [0.3, 0.4) is 0 Å². The van der Waals surface area contributed by atoms with Gasteiger partial charge in [0.15, 0.2) is 32.2 Å². The Morgan fingerprint density at radius 2 is 1.70 bits per heavy atom. The number of rotatable bonds is 7. The molecule has 0 atom stereocenters. The molecule has 0 unspecified atom stereocenters. The minimum atomic E-state index is -4.85. The van der Waals surface area contributed by atoms with Gasteiger partial charge < -0.3 is 18.9 Å². The highest BCUT2D eigenvalue weighted by Crippen LogP contribution is 2.43. The molecule has 43 heavy (non-hydrogen) atoms. The summed E-state index contributed by atoms with van der Waals surface area (Å²) in [7, 11) is -4.40. The van der Waals surface area contributed by atoms with Crippen molar-refractivity contribution in [2.75, 3.05) is 17.3 Å². The van der Waals surface area contributed by atoms with Gasteiger partial charge in [0.05, 0.1) is 30.0 Å². The Morgan fingerprint density at radius 3 is 2.26 bits per heavy atom. The highest BCUT2D eigenvalue weighted by molar-refractivity contribution is 7.91. The molecule has 1 aromatic carbocycles. The molecule has 2 aromatic heterocycles. The first-order valence-corrected chi connectivity index (χ1v) is 14.3. The molecule has 0 saturated heterocycles. The lowest BCUT2D eigenvalue weighted by Crippen LogP contribution is -2.38. The number of alkyl halides is 5. The second-order valence-electron chi connectivity index (χ2n) is 10.2. The van der Waals surface area contributed by atoms with Crippen LogP contribution in [0, 0.1) is 0 Å². The van der Waals surface area contributed by atoms with E-state index in [0.29, 0.717) is 21.6 Å². The Hall–Kier alpha value is -4.15. The molecular weight excluding hydrogens is 609 g/mol. The first-order valence-electron chi connectivity index (χ1n) is 12.7. The maximum absolute atomic E-state index is 13.8. The van der Waals surface area contributed by atoms with Crippen LogP contribution < -0.4 is 14.4 Å². The lowest BCUT2D eigenvalue weighted by molar-refractivity contribution is -0.286. The van der Waals surface area contributed by atoms with Crippen molar-refractivity contribution in [3.05, 3.63) is 47.2 Å². The van der Waals surface area contributed by atoms with Crippen molar-refractivity contribution in [3.63, 3.8) is 0 Å². The first kappa shape index (κ1) is 31.8. The van der Waals surface area contributed by atoms with Crippen LogP contribution in [0.4, 0.5) is 32.6 Å². The number of esters is 1. The largest absolute Gasteiger partial charge is 0.586 e. The molecule has 3 aromatic rings. The average molecular weight is 636 g/mol. The Labute approximate surface area is 242 Å². The summed E-state index contributed by atoms with van der Waals surface area (Å²) in [6.45, 7) is 6.36. The molecule has 1 amide bonds. The SMILES string of the molecule is CCOC(=O)c1cc2c(cc1CN(C(=O)OC(C)(C)C)c1nc3ccc(C(F)(F)F)cn3c1S(=O)(=O)CC)OC(F)(F)O2. The molecular formula is C26H26F5N3O8S. The van der Waals surface area contributed by atoms with E-state index >= 15 is 0 Å². The van der Waals surface area contributed by atoms with Gasteiger partial charge in [-0.05, 0) is 57.5 Å². The minimum Gasteiger partial charge on any atom is -0.462 e. The van der Waals surface area contributed by atoms with E-state index in [1.807, 2.05) is 0 Å². The summed E-state index contributed by atoms with van der Waals surface area (Å²) in [4.78, 5) is 31.2. The van der Waals surface area contributed by atoms with Crippen LogP contribution in [-0.2, 0) is 32.0 Å². The average Bonchev–Trinajstić information content (AvgIpc) is 3.40. The number of imidazole rings is 1. The molecule has 0 fully saturated rings. The Balaban J connectivity index is 1.98. The molecule has 0 spiro atoms. The Bertz CT molecular complexity index is 1700. The van der Waals surface area contributed by atoms with Crippen molar-refractivity contribution in [2.45, 2.75) is 64.3 Å². The van der Waals surface area contributed by atoms with Crippen molar-refractivity contribution in [2.24, 2.45) is 0 Å². The van der Waals surface area contributed by atoms with E-state index in [9.17, 15) is 40.0 Å². The lowest BCUT2D eigenvalue weighted by atomic mass is 10.1. The van der Waals surface area contributed by atoms with E-state index in [0.717, 1.165) is 18.2 Å². The van der Waals surface area contributed by atoms with E-state index in [-0.39, 0.29) is 23.4 Å². The van der Waals surface area contributed by atoms with E-state index in [1.54, 1.807) is 0 Å². The van der Waals surface area contributed by atoms with Gasteiger partial charge in [0, 0.05) is 6.20 Å². The number of pyridine rings is 1. The molecule has 3 heterocycles. The minimum absolute atomic E-state index is 0.120.